The Labute approximate surface area is 124 Å². The number of anilines is 2. The number of fused-ring (bicyclic) bond motifs is 1. The van der Waals surface area contributed by atoms with Crippen molar-refractivity contribution in [3.63, 3.8) is 0 Å². The van der Waals surface area contributed by atoms with E-state index in [-0.39, 0.29) is 5.91 Å². The average Bonchev–Trinajstić information content (AvgIpc) is 2.71. The molecule has 0 saturated carbocycles. The molecule has 1 aliphatic heterocycles. The Morgan fingerprint density at radius 2 is 2.05 bits per heavy atom. The first-order chi connectivity index (χ1) is 10.2. The number of nitrogens with one attached hydrogen (secondary N) is 1. The Kier molecular flexibility index (Phi) is 3.56. The number of carbonyl (C=O) groups excluding carboxylic acids is 1. The highest BCUT2D eigenvalue weighted by molar-refractivity contribution is 6.08. The van der Waals surface area contributed by atoms with E-state index in [2.05, 4.69) is 15.5 Å². The van der Waals surface area contributed by atoms with E-state index in [9.17, 15) is 4.79 Å². The molecule has 2 heterocycles. The number of aryl methyl sites for hydroxylation is 2. The van der Waals surface area contributed by atoms with Crippen LogP contribution in [0.5, 0.6) is 0 Å². The van der Waals surface area contributed by atoms with Crippen molar-refractivity contribution in [3.05, 3.63) is 47.3 Å². The zero-order valence-corrected chi connectivity index (χ0v) is 12.3. The van der Waals surface area contributed by atoms with Gasteiger partial charge in [-0.15, -0.1) is 0 Å². The molecule has 1 N–H and O–H groups in total. The molecule has 21 heavy (non-hydrogen) atoms. The van der Waals surface area contributed by atoms with Crippen LogP contribution in [0.1, 0.15) is 28.2 Å². The molecule has 0 saturated heterocycles. The van der Waals surface area contributed by atoms with Gasteiger partial charge in [-0.05, 0) is 38.5 Å². The summed E-state index contributed by atoms with van der Waals surface area (Å²) in [6, 6.07) is 9.72. The molecule has 1 aromatic carbocycles. The molecule has 0 atom stereocenters. The van der Waals surface area contributed by atoms with Gasteiger partial charge in [0.2, 0.25) is 0 Å². The number of hydrogen-bond acceptors (Lipinski definition) is 4. The summed E-state index contributed by atoms with van der Waals surface area (Å²) in [7, 11) is 0. The highest BCUT2D eigenvalue weighted by Gasteiger charge is 2.23. The number of rotatable bonds is 1. The molecule has 0 radical (unpaired) electrons. The lowest BCUT2D eigenvalue weighted by molar-refractivity contribution is 0.0986. The SMILES string of the molecule is Cc1cc(C(=O)N2CCCNc3ccccc32)c(C)nn1. The van der Waals surface area contributed by atoms with E-state index in [1.165, 1.54) is 0 Å². The van der Waals surface area contributed by atoms with E-state index in [1.807, 2.05) is 49.1 Å². The Bertz CT molecular complexity index is 684. The Morgan fingerprint density at radius 3 is 2.90 bits per heavy atom. The average molecular weight is 282 g/mol. The van der Waals surface area contributed by atoms with Crippen molar-refractivity contribution in [3.8, 4) is 0 Å². The summed E-state index contributed by atoms with van der Waals surface area (Å²) in [4.78, 5) is 14.8. The fourth-order valence-corrected chi connectivity index (χ4v) is 2.56. The molecule has 108 valence electrons. The van der Waals surface area contributed by atoms with Gasteiger partial charge < -0.3 is 10.2 Å². The van der Waals surface area contributed by atoms with Crippen LogP contribution >= 0.6 is 0 Å². The first-order valence-electron chi connectivity index (χ1n) is 7.12. The van der Waals surface area contributed by atoms with Crippen molar-refractivity contribution in [1.29, 1.82) is 0 Å². The fraction of sp³-hybridized carbons (Fsp3) is 0.312. The highest BCUT2D eigenvalue weighted by Crippen LogP contribution is 2.29. The first kappa shape index (κ1) is 13.5. The Hall–Kier alpha value is -2.43. The van der Waals surface area contributed by atoms with Gasteiger partial charge in [0.05, 0.1) is 28.3 Å². The van der Waals surface area contributed by atoms with Crippen molar-refractivity contribution in [2.45, 2.75) is 20.3 Å². The lowest BCUT2D eigenvalue weighted by atomic mass is 10.1. The summed E-state index contributed by atoms with van der Waals surface area (Å²) in [6.07, 6.45) is 0.914. The van der Waals surface area contributed by atoms with E-state index in [0.29, 0.717) is 17.8 Å². The highest BCUT2D eigenvalue weighted by atomic mass is 16.2. The van der Waals surface area contributed by atoms with Crippen LogP contribution < -0.4 is 10.2 Å². The van der Waals surface area contributed by atoms with Crippen LogP contribution in [0, 0.1) is 13.8 Å². The molecular formula is C16H18N4O. The number of nitrogens with zero attached hydrogens (tertiary/aromatic N) is 3. The number of amides is 1. The summed E-state index contributed by atoms with van der Waals surface area (Å²) < 4.78 is 0. The van der Waals surface area contributed by atoms with Gasteiger partial charge in [-0.25, -0.2) is 0 Å². The van der Waals surface area contributed by atoms with E-state index >= 15 is 0 Å². The minimum absolute atomic E-state index is 0.0124. The van der Waals surface area contributed by atoms with Crippen LogP contribution in [0.15, 0.2) is 30.3 Å². The second kappa shape index (κ2) is 5.52. The van der Waals surface area contributed by atoms with E-state index in [0.717, 1.165) is 30.0 Å². The van der Waals surface area contributed by atoms with Crippen LogP contribution in [-0.2, 0) is 0 Å². The summed E-state index contributed by atoms with van der Waals surface area (Å²) in [5.74, 6) is -0.0124. The summed E-state index contributed by atoms with van der Waals surface area (Å²) in [5, 5.41) is 11.4. The lowest BCUT2D eigenvalue weighted by Gasteiger charge is -2.23. The molecule has 1 aromatic heterocycles. The number of benzene rings is 1. The fourth-order valence-electron chi connectivity index (χ4n) is 2.56. The monoisotopic (exact) mass is 282 g/mol. The maximum Gasteiger partial charge on any atom is 0.260 e. The zero-order chi connectivity index (χ0) is 14.8. The standard InChI is InChI=1S/C16H18N4O/c1-11-10-13(12(2)19-18-11)16(21)20-9-5-8-17-14-6-3-4-7-15(14)20/h3-4,6-7,10,17H,5,8-9H2,1-2H3. The second-order valence-corrected chi connectivity index (χ2v) is 5.24. The van der Waals surface area contributed by atoms with Gasteiger partial charge in [-0.3, -0.25) is 4.79 Å². The molecule has 1 amide bonds. The molecule has 0 unspecified atom stereocenters. The first-order valence-corrected chi connectivity index (χ1v) is 7.12. The molecular weight excluding hydrogens is 264 g/mol. The number of carbonyl (C=O) groups is 1. The van der Waals surface area contributed by atoms with E-state index in [4.69, 9.17) is 0 Å². The Balaban J connectivity index is 2.03. The van der Waals surface area contributed by atoms with Crippen molar-refractivity contribution in [1.82, 2.24) is 10.2 Å². The molecule has 5 nitrogen and oxygen atoms in total. The third kappa shape index (κ3) is 2.59. The predicted molar refractivity (Wildman–Crippen MR) is 82.7 cm³/mol. The number of para-hydroxylation sites is 2. The largest absolute Gasteiger partial charge is 0.383 e. The minimum Gasteiger partial charge on any atom is -0.383 e. The predicted octanol–water partition coefficient (Wildman–Crippen LogP) is 2.56. The molecule has 0 bridgehead atoms. The van der Waals surface area contributed by atoms with Gasteiger partial charge in [-0.1, -0.05) is 12.1 Å². The summed E-state index contributed by atoms with van der Waals surface area (Å²) >= 11 is 0. The van der Waals surface area contributed by atoms with Crippen LogP contribution in [0.25, 0.3) is 0 Å². The van der Waals surface area contributed by atoms with Gasteiger partial charge in [0.15, 0.2) is 0 Å². The van der Waals surface area contributed by atoms with Crippen molar-refractivity contribution in [2.75, 3.05) is 23.3 Å². The van der Waals surface area contributed by atoms with Crippen LogP contribution in [0.3, 0.4) is 0 Å². The molecule has 3 rings (SSSR count). The third-order valence-electron chi connectivity index (χ3n) is 3.65. The maximum atomic E-state index is 12.9. The Morgan fingerprint density at radius 1 is 1.24 bits per heavy atom. The topological polar surface area (TPSA) is 58.1 Å². The smallest absolute Gasteiger partial charge is 0.260 e. The minimum atomic E-state index is -0.0124. The molecule has 0 aliphatic carbocycles. The molecule has 1 aliphatic rings. The quantitative estimate of drug-likeness (QED) is 0.873. The van der Waals surface area contributed by atoms with Crippen molar-refractivity contribution >= 4 is 17.3 Å². The van der Waals surface area contributed by atoms with Gasteiger partial charge in [0.1, 0.15) is 0 Å². The molecule has 0 fully saturated rings. The molecule has 2 aromatic rings. The van der Waals surface area contributed by atoms with Crippen LogP contribution in [0.2, 0.25) is 0 Å². The van der Waals surface area contributed by atoms with Gasteiger partial charge in [0.25, 0.3) is 5.91 Å². The van der Waals surface area contributed by atoms with E-state index in [1.54, 1.807) is 0 Å². The van der Waals surface area contributed by atoms with Crippen LogP contribution in [-0.4, -0.2) is 29.2 Å². The summed E-state index contributed by atoms with van der Waals surface area (Å²) in [5.41, 5.74) is 3.97. The second-order valence-electron chi connectivity index (χ2n) is 5.24. The van der Waals surface area contributed by atoms with Crippen molar-refractivity contribution in [2.24, 2.45) is 0 Å². The zero-order valence-electron chi connectivity index (χ0n) is 12.3. The number of hydrogen-bond donors (Lipinski definition) is 1. The van der Waals surface area contributed by atoms with E-state index < -0.39 is 0 Å². The lowest BCUT2D eigenvalue weighted by Crippen LogP contribution is -2.32. The molecule has 0 spiro atoms. The molecule has 5 heteroatoms. The van der Waals surface area contributed by atoms with Gasteiger partial charge in [-0.2, -0.15) is 10.2 Å². The normalized spacial score (nSPS) is 14.1. The third-order valence-corrected chi connectivity index (χ3v) is 3.65. The number of aromatic nitrogens is 2. The summed E-state index contributed by atoms with van der Waals surface area (Å²) in [6.45, 7) is 5.24. The van der Waals surface area contributed by atoms with Crippen molar-refractivity contribution < 1.29 is 4.79 Å². The maximum absolute atomic E-state index is 12.9. The van der Waals surface area contributed by atoms with Crippen LogP contribution in [0.4, 0.5) is 11.4 Å². The van der Waals surface area contributed by atoms with Gasteiger partial charge in [0, 0.05) is 13.1 Å². The van der Waals surface area contributed by atoms with Gasteiger partial charge >= 0.3 is 0 Å².